The normalized spacial score (nSPS) is 15.5. The van der Waals surface area contributed by atoms with Crippen molar-refractivity contribution in [2.45, 2.75) is 43.9 Å². The minimum atomic E-state index is -0.367. The Hall–Kier alpha value is -7.22. The second-order valence-corrected chi connectivity index (χ2v) is 18.8. The van der Waals surface area contributed by atoms with Crippen LogP contribution in [0.4, 0.5) is 17.1 Å². The SMILES string of the molecule is CC1(C)c2ccccc2-c2ccc(N(c3ccc(-c4cccc5c4-c4ccccc4C54c5ccccc5-c5ccccc54)cc3)c3ccc4c(c3)C(C)(C)c3ccccc3-4)cc21. The lowest BCUT2D eigenvalue weighted by molar-refractivity contribution is 0.660. The molecule has 1 heteroatoms. The van der Waals surface area contributed by atoms with Crippen LogP contribution in [-0.4, -0.2) is 0 Å². The highest BCUT2D eigenvalue weighted by molar-refractivity contribution is 6.00. The average molecular weight is 792 g/mol. The maximum atomic E-state index is 2.48. The van der Waals surface area contributed by atoms with Crippen molar-refractivity contribution < 1.29 is 0 Å². The monoisotopic (exact) mass is 791 g/mol. The quantitative estimate of drug-likeness (QED) is 0.172. The van der Waals surface area contributed by atoms with Gasteiger partial charge in [0.2, 0.25) is 0 Å². The van der Waals surface area contributed by atoms with Gasteiger partial charge in [-0.3, -0.25) is 0 Å². The van der Waals surface area contributed by atoms with Gasteiger partial charge >= 0.3 is 0 Å². The van der Waals surface area contributed by atoms with Crippen LogP contribution < -0.4 is 4.90 Å². The van der Waals surface area contributed by atoms with Crippen LogP contribution in [0, 0.1) is 0 Å². The standard InChI is InChI=1S/C61H45N/c1-59(2)50-22-10-5-16-43(50)47-34-32-40(36-56(47)59)62(41-33-35-48-44-17-6-11-23-51(44)60(3,4)57(48)37-41)39-30-28-38(29-31-39)42-21-15-27-55-58(42)49-20-9-14-26-54(49)61(55)52-24-12-7-18-45(52)46-19-8-13-25-53(46)61/h5-37H,1-4H3. The molecule has 0 amide bonds. The van der Waals surface area contributed by atoms with E-state index >= 15 is 0 Å². The molecule has 4 aliphatic rings. The van der Waals surface area contributed by atoms with Crippen LogP contribution in [-0.2, 0) is 16.2 Å². The minimum absolute atomic E-state index is 0.110. The maximum Gasteiger partial charge on any atom is 0.0725 e. The highest BCUT2D eigenvalue weighted by atomic mass is 15.1. The number of nitrogens with zero attached hydrogens (tertiary/aromatic N) is 1. The molecule has 0 aromatic heterocycles. The highest BCUT2D eigenvalue weighted by Gasteiger charge is 2.52. The fourth-order valence-electron chi connectivity index (χ4n) is 12.3. The Balaban J connectivity index is 0.980. The highest BCUT2D eigenvalue weighted by Crippen LogP contribution is 2.64. The van der Waals surface area contributed by atoms with Gasteiger partial charge in [-0.2, -0.15) is 0 Å². The van der Waals surface area contributed by atoms with Gasteiger partial charge in [-0.1, -0.05) is 191 Å². The summed E-state index contributed by atoms with van der Waals surface area (Å²) in [6.07, 6.45) is 0. The summed E-state index contributed by atoms with van der Waals surface area (Å²) in [5.74, 6) is 0. The van der Waals surface area contributed by atoms with E-state index < -0.39 is 0 Å². The number of rotatable bonds is 4. The van der Waals surface area contributed by atoms with E-state index in [0.717, 1.165) is 5.69 Å². The number of hydrogen-bond acceptors (Lipinski definition) is 1. The molecule has 0 saturated carbocycles. The third kappa shape index (κ3) is 4.48. The molecule has 4 aliphatic carbocycles. The van der Waals surface area contributed by atoms with Crippen molar-refractivity contribution in [1.82, 2.24) is 0 Å². The smallest absolute Gasteiger partial charge is 0.0725 e. The van der Waals surface area contributed by atoms with E-state index in [9.17, 15) is 0 Å². The molecule has 0 fully saturated rings. The Morgan fingerprint density at radius 3 is 1.13 bits per heavy atom. The number of anilines is 3. The van der Waals surface area contributed by atoms with Crippen LogP contribution in [0.3, 0.4) is 0 Å². The summed E-state index contributed by atoms with van der Waals surface area (Å²) in [5, 5.41) is 0. The zero-order chi connectivity index (χ0) is 41.5. The van der Waals surface area contributed by atoms with Crippen LogP contribution in [0.15, 0.2) is 200 Å². The second kappa shape index (κ2) is 12.4. The molecular formula is C61H45N. The van der Waals surface area contributed by atoms with E-state index in [2.05, 4.69) is 233 Å². The minimum Gasteiger partial charge on any atom is -0.310 e. The molecular weight excluding hydrogens is 747 g/mol. The molecule has 294 valence electrons. The van der Waals surface area contributed by atoms with Gasteiger partial charge in [0, 0.05) is 27.9 Å². The van der Waals surface area contributed by atoms with Crippen LogP contribution in [0.1, 0.15) is 72.2 Å². The lowest BCUT2D eigenvalue weighted by atomic mass is 9.70. The average Bonchev–Trinajstić information content (AvgIpc) is 3.95. The summed E-state index contributed by atoms with van der Waals surface area (Å²) in [5.41, 5.74) is 27.0. The Morgan fingerprint density at radius 2 is 0.629 bits per heavy atom. The number of fused-ring (bicyclic) bond motifs is 16. The van der Waals surface area contributed by atoms with Gasteiger partial charge < -0.3 is 4.90 Å². The van der Waals surface area contributed by atoms with E-state index in [-0.39, 0.29) is 16.2 Å². The van der Waals surface area contributed by atoms with Crippen molar-refractivity contribution >= 4 is 17.1 Å². The first-order valence-corrected chi connectivity index (χ1v) is 22.1. The molecule has 9 aromatic carbocycles. The molecule has 0 heterocycles. The second-order valence-electron chi connectivity index (χ2n) is 18.8. The zero-order valence-electron chi connectivity index (χ0n) is 35.5. The molecule has 1 spiro atoms. The molecule has 13 rings (SSSR count). The first kappa shape index (κ1) is 35.5. The Labute approximate surface area is 364 Å². The lowest BCUT2D eigenvalue weighted by Gasteiger charge is -2.30. The summed E-state index contributed by atoms with van der Waals surface area (Å²) >= 11 is 0. The van der Waals surface area contributed by atoms with Gasteiger partial charge in [0.15, 0.2) is 0 Å². The predicted molar refractivity (Wildman–Crippen MR) is 258 cm³/mol. The Bertz CT molecular complexity index is 3210. The van der Waals surface area contributed by atoms with E-state index in [0.29, 0.717) is 0 Å². The Morgan fingerprint density at radius 1 is 0.274 bits per heavy atom. The predicted octanol–water partition coefficient (Wildman–Crippen LogP) is 15.8. The fraction of sp³-hybridized carbons (Fsp3) is 0.115. The third-order valence-electron chi connectivity index (χ3n) is 15.1. The van der Waals surface area contributed by atoms with Gasteiger partial charge in [-0.05, 0) is 137 Å². The zero-order valence-corrected chi connectivity index (χ0v) is 35.5. The van der Waals surface area contributed by atoms with Crippen LogP contribution in [0.25, 0.3) is 55.6 Å². The van der Waals surface area contributed by atoms with Crippen molar-refractivity contribution in [1.29, 1.82) is 0 Å². The molecule has 62 heavy (non-hydrogen) atoms. The maximum absolute atomic E-state index is 2.48. The van der Waals surface area contributed by atoms with Gasteiger partial charge in [0.1, 0.15) is 0 Å². The number of benzene rings is 9. The van der Waals surface area contributed by atoms with Crippen LogP contribution in [0.2, 0.25) is 0 Å². The van der Waals surface area contributed by atoms with Gasteiger partial charge in [0.25, 0.3) is 0 Å². The summed E-state index contributed by atoms with van der Waals surface area (Å²) < 4.78 is 0. The molecule has 0 saturated heterocycles. The van der Waals surface area contributed by atoms with Gasteiger partial charge in [-0.25, -0.2) is 0 Å². The van der Waals surface area contributed by atoms with Crippen LogP contribution >= 0.6 is 0 Å². The van der Waals surface area contributed by atoms with Crippen molar-refractivity contribution in [3.05, 3.63) is 245 Å². The van der Waals surface area contributed by atoms with E-state index in [1.54, 1.807) is 0 Å². The summed E-state index contributed by atoms with van der Waals surface area (Å²) in [6.45, 7) is 9.50. The van der Waals surface area contributed by atoms with Gasteiger partial charge in [-0.15, -0.1) is 0 Å². The molecule has 9 aromatic rings. The number of hydrogen-bond donors (Lipinski definition) is 0. The lowest BCUT2D eigenvalue weighted by Crippen LogP contribution is -2.25. The molecule has 0 aliphatic heterocycles. The summed E-state index contributed by atoms with van der Waals surface area (Å²) in [4.78, 5) is 2.48. The molecule has 0 N–H and O–H groups in total. The van der Waals surface area contributed by atoms with E-state index in [1.165, 1.54) is 112 Å². The first-order chi connectivity index (χ1) is 30.3. The van der Waals surface area contributed by atoms with Gasteiger partial charge in [0.05, 0.1) is 5.41 Å². The topological polar surface area (TPSA) is 3.24 Å². The molecule has 0 atom stereocenters. The molecule has 0 unspecified atom stereocenters. The molecule has 0 radical (unpaired) electrons. The molecule has 0 bridgehead atoms. The Kier molecular flexibility index (Phi) is 7.12. The van der Waals surface area contributed by atoms with Crippen molar-refractivity contribution in [2.75, 3.05) is 4.90 Å². The third-order valence-corrected chi connectivity index (χ3v) is 15.1. The van der Waals surface area contributed by atoms with Crippen molar-refractivity contribution in [2.24, 2.45) is 0 Å². The summed E-state index contributed by atoms with van der Waals surface area (Å²) in [6, 6.07) is 75.7. The summed E-state index contributed by atoms with van der Waals surface area (Å²) in [7, 11) is 0. The van der Waals surface area contributed by atoms with Crippen molar-refractivity contribution in [3.63, 3.8) is 0 Å². The molecule has 1 nitrogen and oxygen atoms in total. The van der Waals surface area contributed by atoms with Crippen molar-refractivity contribution in [3.8, 4) is 55.6 Å². The van der Waals surface area contributed by atoms with Crippen LogP contribution in [0.5, 0.6) is 0 Å². The largest absolute Gasteiger partial charge is 0.310 e. The first-order valence-electron chi connectivity index (χ1n) is 22.1. The van der Waals surface area contributed by atoms with E-state index in [4.69, 9.17) is 0 Å². The fourth-order valence-corrected chi connectivity index (χ4v) is 12.3. The van der Waals surface area contributed by atoms with E-state index in [1.807, 2.05) is 0 Å².